The quantitative estimate of drug-likeness (QED) is 0.621. The molecule has 1 aromatic carbocycles. The van der Waals surface area contributed by atoms with Crippen LogP contribution < -0.4 is 14.8 Å². The number of aromatic nitrogens is 2. The van der Waals surface area contributed by atoms with E-state index in [1.54, 1.807) is 4.90 Å². The Kier molecular flexibility index (Phi) is 7.38. The number of para-hydroxylation sites is 2. The van der Waals surface area contributed by atoms with Crippen molar-refractivity contribution in [3.63, 3.8) is 0 Å². The molecule has 28 heavy (non-hydrogen) atoms. The lowest BCUT2D eigenvalue weighted by Gasteiger charge is -2.30. The lowest BCUT2D eigenvalue weighted by molar-refractivity contribution is -0.129. The molecule has 1 aliphatic heterocycles. The van der Waals surface area contributed by atoms with Gasteiger partial charge < -0.3 is 19.7 Å². The zero-order valence-corrected chi connectivity index (χ0v) is 18.0. The summed E-state index contributed by atoms with van der Waals surface area (Å²) < 4.78 is 12.5. The molecule has 7 nitrogen and oxygen atoms in total. The van der Waals surface area contributed by atoms with Crippen molar-refractivity contribution < 1.29 is 14.3 Å². The molecule has 1 N–H and O–H groups in total. The fourth-order valence-electron chi connectivity index (χ4n) is 2.65. The minimum Gasteiger partial charge on any atom is -0.486 e. The first-order chi connectivity index (χ1) is 13.5. The summed E-state index contributed by atoms with van der Waals surface area (Å²) in [6, 6.07) is 7.60. The van der Waals surface area contributed by atoms with Gasteiger partial charge in [0.1, 0.15) is 6.61 Å². The molecule has 3 rings (SSSR count). The van der Waals surface area contributed by atoms with Gasteiger partial charge in [0.05, 0.1) is 12.3 Å². The molecule has 2 heterocycles. The third kappa shape index (κ3) is 5.75. The molecule has 0 spiro atoms. The molecule has 1 atom stereocenters. The molecule has 0 fully saturated rings. The summed E-state index contributed by atoms with van der Waals surface area (Å²) in [6.45, 7) is 8.67. The lowest BCUT2D eigenvalue weighted by Crippen LogP contribution is -2.44. The van der Waals surface area contributed by atoms with Crippen LogP contribution in [0.15, 0.2) is 28.6 Å². The summed E-state index contributed by atoms with van der Waals surface area (Å²) >= 11 is 2.90. The first-order valence-electron chi connectivity index (χ1n) is 9.41. The first-order valence-corrected chi connectivity index (χ1v) is 11.2. The number of nitrogens with zero attached hydrogens (tertiary/aromatic N) is 3. The van der Waals surface area contributed by atoms with E-state index in [-0.39, 0.29) is 12.0 Å². The molecular formula is C19H26N4O3S2. The number of thioether (sulfide) groups is 1. The van der Waals surface area contributed by atoms with Crippen LogP contribution in [0.2, 0.25) is 0 Å². The van der Waals surface area contributed by atoms with Gasteiger partial charge in [-0.2, -0.15) is 0 Å². The van der Waals surface area contributed by atoms with Gasteiger partial charge in [0.25, 0.3) is 0 Å². The van der Waals surface area contributed by atoms with Gasteiger partial charge in [-0.3, -0.25) is 4.79 Å². The highest BCUT2D eigenvalue weighted by Gasteiger charge is 2.25. The largest absolute Gasteiger partial charge is 0.486 e. The Bertz CT molecular complexity index is 784. The van der Waals surface area contributed by atoms with E-state index in [2.05, 4.69) is 29.4 Å². The highest BCUT2D eigenvalue weighted by Crippen LogP contribution is 2.31. The van der Waals surface area contributed by atoms with Crippen LogP contribution in [0.5, 0.6) is 11.5 Å². The minimum atomic E-state index is -0.169. The second-order valence-electron chi connectivity index (χ2n) is 6.87. The normalized spacial score (nSPS) is 15.5. The van der Waals surface area contributed by atoms with E-state index in [1.165, 1.54) is 23.1 Å². The number of anilines is 1. The number of hydrogen-bond acceptors (Lipinski definition) is 8. The molecule has 1 aromatic heterocycles. The van der Waals surface area contributed by atoms with Crippen molar-refractivity contribution >= 4 is 34.1 Å². The lowest BCUT2D eigenvalue weighted by atomic mass is 10.2. The number of nitrogens with one attached hydrogen (secondary N) is 1. The van der Waals surface area contributed by atoms with E-state index >= 15 is 0 Å². The average molecular weight is 423 g/mol. The van der Waals surface area contributed by atoms with Gasteiger partial charge in [-0.15, -0.1) is 10.2 Å². The molecule has 152 valence electrons. The summed E-state index contributed by atoms with van der Waals surface area (Å²) in [5.41, 5.74) is 0. The Morgan fingerprint density at radius 2 is 2.14 bits per heavy atom. The molecule has 1 unspecified atom stereocenters. The third-order valence-electron chi connectivity index (χ3n) is 4.11. The number of rotatable bonds is 9. The second-order valence-corrected chi connectivity index (χ2v) is 9.07. The summed E-state index contributed by atoms with van der Waals surface area (Å²) in [5.74, 6) is 2.41. The van der Waals surface area contributed by atoms with Crippen LogP contribution in [-0.4, -0.2) is 59.1 Å². The van der Waals surface area contributed by atoms with Gasteiger partial charge in [-0.05, 0) is 25.0 Å². The van der Waals surface area contributed by atoms with Gasteiger partial charge in [-0.1, -0.05) is 49.1 Å². The maximum atomic E-state index is 12.6. The second kappa shape index (κ2) is 9.97. The van der Waals surface area contributed by atoms with Crippen molar-refractivity contribution in [3.05, 3.63) is 24.3 Å². The number of amides is 1. The molecule has 1 amide bonds. The fraction of sp³-hybridized carbons (Fsp3) is 0.526. The smallest absolute Gasteiger partial charge is 0.233 e. The zero-order chi connectivity index (χ0) is 19.9. The molecule has 1 aliphatic rings. The number of fused-ring (bicyclic) bond motifs is 1. The van der Waals surface area contributed by atoms with E-state index in [9.17, 15) is 4.79 Å². The Hall–Kier alpha value is -2.00. The van der Waals surface area contributed by atoms with Crippen molar-refractivity contribution in [2.45, 2.75) is 31.2 Å². The molecule has 0 saturated carbocycles. The molecule has 0 bridgehead atoms. The highest BCUT2D eigenvalue weighted by atomic mass is 32.2. The standard InChI is InChI=1S/C19H26N4O3S2/c1-4-23(10-14-11-25-15-7-5-6-8-16(15)26-14)17(24)12-27-19-22-21-18(28-19)20-9-13(2)3/h5-8,13-14H,4,9-12H2,1-3H3,(H,20,21). The molecule has 2 aromatic rings. The van der Waals surface area contributed by atoms with Gasteiger partial charge in [-0.25, -0.2) is 0 Å². The van der Waals surface area contributed by atoms with Crippen LogP contribution in [0.4, 0.5) is 5.13 Å². The van der Waals surface area contributed by atoms with E-state index in [0.29, 0.717) is 31.4 Å². The predicted octanol–water partition coefficient (Wildman–Crippen LogP) is 3.39. The van der Waals surface area contributed by atoms with E-state index < -0.39 is 0 Å². The van der Waals surface area contributed by atoms with E-state index in [4.69, 9.17) is 9.47 Å². The minimum absolute atomic E-state index is 0.0573. The van der Waals surface area contributed by atoms with Gasteiger partial charge in [0, 0.05) is 13.1 Å². The van der Waals surface area contributed by atoms with Crippen LogP contribution in [0.1, 0.15) is 20.8 Å². The Morgan fingerprint density at radius 3 is 2.89 bits per heavy atom. The highest BCUT2D eigenvalue weighted by molar-refractivity contribution is 8.01. The summed E-state index contributed by atoms with van der Waals surface area (Å²) in [6.07, 6.45) is -0.169. The average Bonchev–Trinajstić information content (AvgIpc) is 3.16. The number of hydrogen-bond donors (Lipinski definition) is 1. The van der Waals surface area contributed by atoms with E-state index in [1.807, 2.05) is 31.2 Å². The van der Waals surface area contributed by atoms with Crippen molar-refractivity contribution in [2.24, 2.45) is 5.92 Å². The van der Waals surface area contributed by atoms with Crippen LogP contribution in [0, 0.1) is 5.92 Å². The molecular weight excluding hydrogens is 396 g/mol. The topological polar surface area (TPSA) is 76.6 Å². The molecule has 0 radical (unpaired) electrons. The van der Waals surface area contributed by atoms with Gasteiger partial charge >= 0.3 is 0 Å². The number of benzene rings is 1. The van der Waals surface area contributed by atoms with Crippen LogP contribution in [0.3, 0.4) is 0 Å². The van der Waals surface area contributed by atoms with Crippen molar-refractivity contribution in [1.29, 1.82) is 0 Å². The Labute approximate surface area is 173 Å². The molecule has 9 heteroatoms. The van der Waals surface area contributed by atoms with Crippen molar-refractivity contribution in [3.8, 4) is 11.5 Å². The van der Waals surface area contributed by atoms with Crippen LogP contribution >= 0.6 is 23.1 Å². The summed E-state index contributed by atoms with van der Waals surface area (Å²) in [5, 5.41) is 12.3. The van der Waals surface area contributed by atoms with Gasteiger partial charge in [0.2, 0.25) is 11.0 Å². The maximum Gasteiger partial charge on any atom is 0.233 e. The van der Waals surface area contributed by atoms with Crippen molar-refractivity contribution in [2.75, 3.05) is 37.3 Å². The number of ether oxygens (including phenoxy) is 2. The fourth-order valence-corrected chi connectivity index (χ4v) is 4.31. The molecule has 0 saturated heterocycles. The number of carbonyl (C=O) groups is 1. The van der Waals surface area contributed by atoms with Crippen LogP contribution in [0.25, 0.3) is 0 Å². The molecule has 0 aliphatic carbocycles. The van der Waals surface area contributed by atoms with Crippen LogP contribution in [-0.2, 0) is 4.79 Å². The maximum absolute atomic E-state index is 12.6. The van der Waals surface area contributed by atoms with Crippen molar-refractivity contribution in [1.82, 2.24) is 15.1 Å². The SMILES string of the molecule is CCN(CC1COc2ccccc2O1)C(=O)CSc1nnc(NCC(C)C)s1. The van der Waals surface area contributed by atoms with Gasteiger partial charge in [0.15, 0.2) is 21.9 Å². The Morgan fingerprint density at radius 1 is 1.36 bits per heavy atom. The summed E-state index contributed by atoms with van der Waals surface area (Å²) in [7, 11) is 0. The third-order valence-corrected chi connectivity index (χ3v) is 6.11. The monoisotopic (exact) mass is 422 g/mol. The predicted molar refractivity (Wildman–Crippen MR) is 113 cm³/mol. The Balaban J connectivity index is 1.47. The zero-order valence-electron chi connectivity index (χ0n) is 16.4. The summed E-state index contributed by atoms with van der Waals surface area (Å²) in [4.78, 5) is 14.4. The van der Waals surface area contributed by atoms with E-state index in [0.717, 1.165) is 27.5 Å². The number of carbonyl (C=O) groups excluding carboxylic acids is 1. The number of likely N-dealkylation sites (N-methyl/N-ethyl adjacent to an activating group) is 1. The first kappa shape index (κ1) is 20.7.